The topological polar surface area (TPSA) is 58.6 Å². The standard InChI is InChI=1S/C27H31ClN4O2.ClH/c1-18-8-7-9-19(2)31(18)16-5-6-17-34-27-22-11-4-3-10-21(22)26(33)32(27)24-15-13-20-12-14-23(28)29-25(20)30-24;/h3-4,10-15,18-19,27H,5-9,16-17H2,1-2H3;1H. The fourth-order valence-corrected chi connectivity index (χ4v) is 5.42. The summed E-state index contributed by atoms with van der Waals surface area (Å²) in [5, 5.41) is 1.24. The molecule has 8 heteroatoms. The number of amides is 1. The second-order valence-corrected chi connectivity index (χ2v) is 9.80. The van der Waals surface area contributed by atoms with Crippen molar-refractivity contribution in [2.24, 2.45) is 0 Å². The number of carbonyl (C=O) groups excluding carboxylic acids is 1. The lowest BCUT2D eigenvalue weighted by atomic mass is 9.97. The first kappa shape index (κ1) is 25.8. The average molecular weight is 515 g/mol. The van der Waals surface area contributed by atoms with Crippen molar-refractivity contribution < 1.29 is 9.53 Å². The highest BCUT2D eigenvalue weighted by Gasteiger charge is 2.39. The van der Waals surface area contributed by atoms with E-state index in [1.807, 2.05) is 42.5 Å². The number of piperidine rings is 1. The molecule has 1 saturated heterocycles. The van der Waals surface area contributed by atoms with Gasteiger partial charge in [-0.3, -0.25) is 14.6 Å². The summed E-state index contributed by atoms with van der Waals surface area (Å²) in [6.07, 6.45) is 5.43. The van der Waals surface area contributed by atoms with Gasteiger partial charge in [0.2, 0.25) is 0 Å². The number of likely N-dealkylation sites (tertiary alicyclic amines) is 1. The lowest BCUT2D eigenvalue weighted by Crippen LogP contribution is -2.44. The molecular formula is C27H32Cl2N4O2. The lowest BCUT2D eigenvalue weighted by molar-refractivity contribution is 0.0448. The van der Waals surface area contributed by atoms with Crippen molar-refractivity contribution in [2.45, 2.75) is 64.3 Å². The minimum atomic E-state index is -0.499. The highest BCUT2D eigenvalue weighted by Crippen LogP contribution is 2.38. The van der Waals surface area contributed by atoms with Gasteiger partial charge in [-0.1, -0.05) is 36.2 Å². The summed E-state index contributed by atoms with van der Waals surface area (Å²) in [4.78, 5) is 26.6. The number of nitrogens with zero attached hydrogens (tertiary/aromatic N) is 4. The Bertz CT molecular complexity index is 1180. The van der Waals surface area contributed by atoms with Crippen LogP contribution in [0, 0.1) is 0 Å². The van der Waals surface area contributed by atoms with E-state index in [1.165, 1.54) is 19.3 Å². The molecule has 1 amide bonds. The lowest BCUT2D eigenvalue weighted by Gasteiger charge is -2.39. The predicted octanol–water partition coefficient (Wildman–Crippen LogP) is 6.42. The molecule has 2 aromatic heterocycles. The minimum Gasteiger partial charge on any atom is -0.353 e. The number of carbonyl (C=O) groups is 1. The zero-order chi connectivity index (χ0) is 23.7. The molecule has 2 aliphatic rings. The fraction of sp³-hybridized carbons (Fsp3) is 0.444. The number of ether oxygens (including phenoxy) is 1. The molecule has 0 spiro atoms. The van der Waals surface area contributed by atoms with Crippen molar-refractivity contribution in [1.82, 2.24) is 14.9 Å². The Labute approximate surface area is 218 Å². The maximum Gasteiger partial charge on any atom is 0.262 e. The third kappa shape index (κ3) is 5.31. The summed E-state index contributed by atoms with van der Waals surface area (Å²) in [5.41, 5.74) is 2.05. The maximum atomic E-state index is 13.3. The Balaban J connectivity index is 0.00000289. The summed E-state index contributed by atoms with van der Waals surface area (Å²) < 4.78 is 6.35. The number of rotatable bonds is 7. The molecule has 4 heterocycles. The van der Waals surface area contributed by atoms with Crippen LogP contribution in [0.5, 0.6) is 0 Å². The molecule has 3 unspecified atom stereocenters. The Hall–Kier alpha value is -2.25. The van der Waals surface area contributed by atoms with E-state index in [2.05, 4.69) is 28.7 Å². The number of anilines is 1. The third-order valence-corrected chi connectivity index (χ3v) is 7.33. The molecule has 0 radical (unpaired) electrons. The second-order valence-electron chi connectivity index (χ2n) is 9.41. The highest BCUT2D eigenvalue weighted by atomic mass is 35.5. The molecular weight excluding hydrogens is 483 g/mol. The van der Waals surface area contributed by atoms with Crippen molar-refractivity contribution in [2.75, 3.05) is 18.1 Å². The quantitative estimate of drug-likeness (QED) is 0.268. The van der Waals surface area contributed by atoms with Crippen LogP contribution in [-0.4, -0.2) is 46.0 Å². The zero-order valence-corrected chi connectivity index (χ0v) is 21.8. The predicted molar refractivity (Wildman–Crippen MR) is 142 cm³/mol. The van der Waals surface area contributed by atoms with Crippen LogP contribution >= 0.6 is 24.0 Å². The third-order valence-electron chi connectivity index (χ3n) is 7.12. The number of halogens is 2. The first-order chi connectivity index (χ1) is 16.5. The first-order valence-corrected chi connectivity index (χ1v) is 12.6. The van der Waals surface area contributed by atoms with Gasteiger partial charge in [0.25, 0.3) is 5.91 Å². The number of hydrogen-bond donors (Lipinski definition) is 0. The van der Waals surface area contributed by atoms with Crippen molar-refractivity contribution in [3.63, 3.8) is 0 Å². The fourth-order valence-electron chi connectivity index (χ4n) is 5.28. The van der Waals surface area contributed by atoms with Gasteiger partial charge < -0.3 is 4.74 Å². The van der Waals surface area contributed by atoms with E-state index in [-0.39, 0.29) is 18.3 Å². The van der Waals surface area contributed by atoms with Gasteiger partial charge in [0.05, 0.1) is 0 Å². The van der Waals surface area contributed by atoms with Crippen LogP contribution in [0.2, 0.25) is 5.15 Å². The van der Waals surface area contributed by atoms with E-state index in [0.717, 1.165) is 30.3 Å². The summed E-state index contributed by atoms with van der Waals surface area (Å²) in [7, 11) is 0. The van der Waals surface area contributed by atoms with Crippen molar-refractivity contribution in [3.8, 4) is 0 Å². The SMILES string of the molecule is CC1CCCC(C)N1CCCCOC1c2ccccc2C(=O)N1c1ccc2ccc(Cl)nc2n1.Cl. The number of aromatic nitrogens is 2. The Kier molecular flexibility index (Phi) is 8.27. The molecule has 6 nitrogen and oxygen atoms in total. The molecule has 186 valence electrons. The van der Waals surface area contributed by atoms with Gasteiger partial charge in [-0.15, -0.1) is 12.4 Å². The van der Waals surface area contributed by atoms with Crippen molar-refractivity contribution in [1.29, 1.82) is 0 Å². The minimum absolute atomic E-state index is 0. The van der Waals surface area contributed by atoms with Gasteiger partial charge >= 0.3 is 0 Å². The molecule has 1 aromatic carbocycles. The van der Waals surface area contributed by atoms with Crippen molar-refractivity contribution in [3.05, 3.63) is 64.8 Å². The number of benzene rings is 1. The summed E-state index contributed by atoms with van der Waals surface area (Å²) in [6, 6.07) is 16.3. The Morgan fingerprint density at radius 1 is 1.00 bits per heavy atom. The molecule has 0 saturated carbocycles. The molecule has 3 aromatic rings. The molecule has 1 fully saturated rings. The number of fused-ring (bicyclic) bond motifs is 2. The van der Waals surface area contributed by atoms with E-state index < -0.39 is 6.23 Å². The Morgan fingerprint density at radius 3 is 2.54 bits per heavy atom. The molecule has 2 aliphatic heterocycles. The van der Waals surface area contributed by atoms with Gasteiger partial charge in [0.1, 0.15) is 11.0 Å². The monoisotopic (exact) mass is 514 g/mol. The summed E-state index contributed by atoms with van der Waals surface area (Å²) in [5.74, 6) is 0.412. The molecule has 5 rings (SSSR count). The first-order valence-electron chi connectivity index (χ1n) is 12.3. The van der Waals surface area contributed by atoms with Gasteiger partial charge in [0, 0.05) is 35.2 Å². The van der Waals surface area contributed by atoms with Crippen LogP contribution in [0.3, 0.4) is 0 Å². The number of unbranched alkanes of at least 4 members (excludes halogenated alkanes) is 1. The molecule has 3 atom stereocenters. The molecule has 0 aliphatic carbocycles. The molecule has 35 heavy (non-hydrogen) atoms. The van der Waals surface area contributed by atoms with Crippen LogP contribution in [0.1, 0.15) is 68.1 Å². The van der Waals surface area contributed by atoms with Gasteiger partial charge in [-0.05, 0) is 76.4 Å². The highest BCUT2D eigenvalue weighted by molar-refractivity contribution is 6.29. The molecule has 0 bridgehead atoms. The molecule has 0 N–H and O–H groups in total. The van der Waals surface area contributed by atoms with E-state index in [0.29, 0.717) is 40.9 Å². The van der Waals surface area contributed by atoms with Gasteiger partial charge in [0.15, 0.2) is 11.9 Å². The summed E-state index contributed by atoms with van der Waals surface area (Å²) in [6.45, 7) is 6.35. The van der Waals surface area contributed by atoms with Crippen LogP contribution in [0.25, 0.3) is 11.0 Å². The second kappa shape index (κ2) is 11.2. The number of pyridine rings is 2. The van der Waals surface area contributed by atoms with Gasteiger partial charge in [-0.2, -0.15) is 0 Å². The Morgan fingerprint density at radius 2 is 1.74 bits per heavy atom. The maximum absolute atomic E-state index is 13.3. The number of hydrogen-bond acceptors (Lipinski definition) is 5. The van der Waals surface area contributed by atoms with E-state index >= 15 is 0 Å². The van der Waals surface area contributed by atoms with E-state index in [1.54, 1.807) is 11.0 Å². The van der Waals surface area contributed by atoms with E-state index in [4.69, 9.17) is 16.3 Å². The average Bonchev–Trinajstić information content (AvgIpc) is 3.11. The normalized spacial score (nSPS) is 22.3. The van der Waals surface area contributed by atoms with Crippen LogP contribution in [0.15, 0.2) is 48.5 Å². The van der Waals surface area contributed by atoms with Crippen molar-refractivity contribution >= 4 is 46.8 Å². The van der Waals surface area contributed by atoms with Gasteiger partial charge in [-0.25, -0.2) is 9.97 Å². The van der Waals surface area contributed by atoms with Crippen LogP contribution in [-0.2, 0) is 4.74 Å². The summed E-state index contributed by atoms with van der Waals surface area (Å²) >= 11 is 6.07. The smallest absolute Gasteiger partial charge is 0.262 e. The largest absolute Gasteiger partial charge is 0.353 e. The van der Waals surface area contributed by atoms with Crippen LogP contribution in [0.4, 0.5) is 5.82 Å². The van der Waals surface area contributed by atoms with E-state index in [9.17, 15) is 4.79 Å². The zero-order valence-electron chi connectivity index (χ0n) is 20.2. The van der Waals surface area contributed by atoms with Crippen LogP contribution < -0.4 is 4.90 Å².